The second kappa shape index (κ2) is 9.29. The molecule has 0 aliphatic carbocycles. The Bertz CT molecular complexity index is 665. The topological polar surface area (TPSA) is 44.8 Å². The Morgan fingerprint density at radius 1 is 0.875 bits per heavy atom. The Hall–Kier alpha value is -2.89. The van der Waals surface area contributed by atoms with Crippen molar-refractivity contribution < 1.29 is 27.8 Å². The highest BCUT2D eigenvalue weighted by Gasteiger charge is 2.03. The molecule has 0 aromatic heterocycles. The zero-order valence-corrected chi connectivity index (χ0v) is 12.8. The number of rotatable bonds is 8. The molecule has 0 saturated carbocycles. The number of halogens is 2. The minimum absolute atomic E-state index is 0.0111. The van der Waals surface area contributed by atoms with Crippen LogP contribution >= 0.6 is 0 Å². The molecule has 4 nitrogen and oxygen atoms in total. The minimum atomic E-state index is -1.90. The minimum Gasteiger partial charge on any atom is -0.490 e. The van der Waals surface area contributed by atoms with Gasteiger partial charge in [0.2, 0.25) is 0 Å². The van der Waals surface area contributed by atoms with Crippen LogP contribution in [0.25, 0.3) is 0 Å². The largest absolute Gasteiger partial charge is 0.490 e. The summed E-state index contributed by atoms with van der Waals surface area (Å²) in [7, 11) is 0. The second-order valence-electron chi connectivity index (χ2n) is 4.65. The van der Waals surface area contributed by atoms with Crippen LogP contribution in [0.1, 0.15) is 6.42 Å². The molecule has 2 aromatic carbocycles. The molecule has 0 unspecified atom stereocenters. The van der Waals surface area contributed by atoms with Crippen molar-refractivity contribution in [1.29, 1.82) is 0 Å². The molecule has 24 heavy (non-hydrogen) atoms. The summed E-state index contributed by atoms with van der Waals surface area (Å²) in [4.78, 5) is 11.1. The number of ether oxygens (including phenoxy) is 3. The van der Waals surface area contributed by atoms with Crippen molar-refractivity contribution in [1.82, 2.24) is 0 Å². The van der Waals surface area contributed by atoms with Gasteiger partial charge in [-0.05, 0) is 42.5 Å². The Balaban J connectivity index is 1.70. The molecule has 0 radical (unpaired) electrons. The van der Waals surface area contributed by atoms with E-state index in [9.17, 15) is 13.6 Å². The van der Waals surface area contributed by atoms with Gasteiger partial charge < -0.3 is 14.2 Å². The van der Waals surface area contributed by atoms with Gasteiger partial charge in [-0.15, -0.1) is 0 Å². The van der Waals surface area contributed by atoms with Gasteiger partial charge in [-0.1, -0.05) is 18.2 Å². The van der Waals surface area contributed by atoms with Crippen LogP contribution in [0.4, 0.5) is 8.78 Å². The average Bonchev–Trinajstić information content (AvgIpc) is 2.59. The molecule has 0 atom stereocenters. The fraction of sp³-hybridized carbons (Fsp3) is 0.167. The third kappa shape index (κ3) is 6.48. The van der Waals surface area contributed by atoms with E-state index in [0.717, 1.165) is 5.75 Å². The van der Waals surface area contributed by atoms with Crippen molar-refractivity contribution in [2.24, 2.45) is 0 Å². The van der Waals surface area contributed by atoms with E-state index >= 15 is 0 Å². The van der Waals surface area contributed by atoms with Crippen molar-refractivity contribution in [3.8, 4) is 17.2 Å². The lowest BCUT2D eigenvalue weighted by Crippen LogP contribution is -2.11. The average molecular weight is 334 g/mol. The standard InChI is InChI=1S/C18H16F2O4/c19-17(20)10-11-18(21)23-13-12-22-14-6-8-16(9-7-14)24-15-4-2-1-3-5-15/h1-10H,11-13H2. The van der Waals surface area contributed by atoms with E-state index in [1.54, 1.807) is 24.3 Å². The summed E-state index contributed by atoms with van der Waals surface area (Å²) in [6.45, 7) is 0.120. The molecule has 0 amide bonds. The van der Waals surface area contributed by atoms with E-state index in [0.29, 0.717) is 17.6 Å². The van der Waals surface area contributed by atoms with Gasteiger partial charge in [-0.3, -0.25) is 4.79 Å². The van der Waals surface area contributed by atoms with E-state index in [1.165, 1.54) is 0 Å². The molecule has 0 aliphatic rings. The molecule has 126 valence electrons. The van der Waals surface area contributed by atoms with Crippen molar-refractivity contribution in [2.75, 3.05) is 13.2 Å². The Labute approximate surface area is 138 Å². The Morgan fingerprint density at radius 3 is 2.17 bits per heavy atom. The van der Waals surface area contributed by atoms with Crippen molar-refractivity contribution >= 4 is 5.97 Å². The van der Waals surface area contributed by atoms with Crippen molar-refractivity contribution in [2.45, 2.75) is 6.42 Å². The smallest absolute Gasteiger partial charge is 0.309 e. The molecule has 0 N–H and O–H groups in total. The number of benzene rings is 2. The highest BCUT2D eigenvalue weighted by Crippen LogP contribution is 2.23. The van der Waals surface area contributed by atoms with Crippen LogP contribution in [0.2, 0.25) is 0 Å². The lowest BCUT2D eigenvalue weighted by molar-refractivity contribution is -0.143. The van der Waals surface area contributed by atoms with E-state index in [-0.39, 0.29) is 13.2 Å². The lowest BCUT2D eigenvalue weighted by Gasteiger charge is -2.08. The first-order valence-corrected chi connectivity index (χ1v) is 7.26. The molecule has 0 heterocycles. The number of hydrogen-bond acceptors (Lipinski definition) is 4. The first-order valence-electron chi connectivity index (χ1n) is 7.26. The molecule has 0 fully saturated rings. The summed E-state index contributed by atoms with van der Waals surface area (Å²) in [5, 5.41) is 0. The number of hydrogen-bond donors (Lipinski definition) is 0. The Kier molecular flexibility index (Phi) is 6.76. The molecule has 6 heteroatoms. The summed E-state index contributed by atoms with van der Waals surface area (Å²) >= 11 is 0. The maximum atomic E-state index is 11.8. The number of carbonyl (C=O) groups excluding carboxylic acids is 1. The predicted molar refractivity (Wildman–Crippen MR) is 84.3 cm³/mol. The van der Waals surface area contributed by atoms with Crippen LogP contribution in [-0.4, -0.2) is 19.2 Å². The van der Waals surface area contributed by atoms with Gasteiger partial charge in [0.05, 0.1) is 6.42 Å². The van der Waals surface area contributed by atoms with Crippen LogP contribution in [0.15, 0.2) is 66.8 Å². The molecular formula is C18H16F2O4. The first kappa shape index (κ1) is 17.5. The quantitative estimate of drug-likeness (QED) is 0.524. The van der Waals surface area contributed by atoms with Crippen LogP contribution < -0.4 is 9.47 Å². The van der Waals surface area contributed by atoms with E-state index < -0.39 is 18.5 Å². The number of esters is 1. The zero-order chi connectivity index (χ0) is 17.2. The summed E-state index contributed by atoms with van der Waals surface area (Å²) < 4.78 is 39.4. The lowest BCUT2D eigenvalue weighted by atomic mass is 10.3. The fourth-order valence-corrected chi connectivity index (χ4v) is 1.76. The summed E-state index contributed by atoms with van der Waals surface area (Å²) in [5.74, 6) is 1.26. The van der Waals surface area contributed by atoms with Crippen LogP contribution in [-0.2, 0) is 9.53 Å². The van der Waals surface area contributed by atoms with Gasteiger partial charge in [0.25, 0.3) is 6.08 Å². The van der Waals surface area contributed by atoms with Gasteiger partial charge in [0.15, 0.2) is 0 Å². The maximum Gasteiger partial charge on any atom is 0.309 e. The predicted octanol–water partition coefficient (Wildman–Crippen LogP) is 4.57. The second-order valence-corrected chi connectivity index (χ2v) is 4.65. The molecule has 2 aromatic rings. The fourth-order valence-electron chi connectivity index (χ4n) is 1.76. The molecule has 0 spiro atoms. The van der Waals surface area contributed by atoms with Crippen molar-refractivity contribution in [3.05, 3.63) is 66.8 Å². The highest BCUT2D eigenvalue weighted by atomic mass is 19.3. The third-order valence-corrected chi connectivity index (χ3v) is 2.84. The molecule has 2 rings (SSSR count). The van der Waals surface area contributed by atoms with Gasteiger partial charge in [0.1, 0.15) is 30.5 Å². The summed E-state index contributed by atoms with van der Waals surface area (Å²) in [6.07, 6.45) is -1.84. The van der Waals surface area contributed by atoms with Crippen LogP contribution in [0.5, 0.6) is 17.2 Å². The number of para-hydroxylation sites is 1. The maximum absolute atomic E-state index is 11.8. The first-order chi connectivity index (χ1) is 11.6. The molecule has 0 aliphatic heterocycles. The molecular weight excluding hydrogens is 318 g/mol. The normalized spacial score (nSPS) is 9.92. The van der Waals surface area contributed by atoms with Gasteiger partial charge in [-0.2, -0.15) is 8.78 Å². The van der Waals surface area contributed by atoms with E-state index in [1.807, 2.05) is 30.3 Å². The van der Waals surface area contributed by atoms with Crippen LogP contribution in [0.3, 0.4) is 0 Å². The highest BCUT2D eigenvalue weighted by molar-refractivity contribution is 5.71. The van der Waals surface area contributed by atoms with E-state index in [2.05, 4.69) is 0 Å². The van der Waals surface area contributed by atoms with Gasteiger partial charge in [-0.25, -0.2) is 0 Å². The van der Waals surface area contributed by atoms with Gasteiger partial charge in [0, 0.05) is 0 Å². The van der Waals surface area contributed by atoms with E-state index in [4.69, 9.17) is 14.2 Å². The third-order valence-electron chi connectivity index (χ3n) is 2.84. The van der Waals surface area contributed by atoms with Crippen LogP contribution in [0, 0.1) is 0 Å². The molecule has 0 saturated heterocycles. The Morgan fingerprint density at radius 2 is 1.50 bits per heavy atom. The molecule has 0 bridgehead atoms. The summed E-state index contributed by atoms with van der Waals surface area (Å²) in [5.41, 5.74) is 0. The number of carbonyl (C=O) groups is 1. The monoisotopic (exact) mass is 334 g/mol. The summed E-state index contributed by atoms with van der Waals surface area (Å²) in [6, 6.07) is 16.3. The zero-order valence-electron chi connectivity index (χ0n) is 12.8. The van der Waals surface area contributed by atoms with Gasteiger partial charge >= 0.3 is 5.97 Å². The van der Waals surface area contributed by atoms with Crippen molar-refractivity contribution in [3.63, 3.8) is 0 Å². The SMILES string of the molecule is O=C(CC=C(F)F)OCCOc1ccc(Oc2ccccc2)cc1.